The topological polar surface area (TPSA) is 105 Å². The molecule has 0 atom stereocenters. The molecular weight excluding hydrogens is 278 g/mol. The number of anilines is 1. The van der Waals surface area contributed by atoms with Crippen LogP contribution in [0.15, 0.2) is 12.1 Å². The second-order valence-electron chi connectivity index (χ2n) is 3.60. The Kier molecular flexibility index (Phi) is 5.18. The predicted molar refractivity (Wildman–Crippen MR) is 64.5 cm³/mol. The van der Waals surface area contributed by atoms with Gasteiger partial charge in [-0.1, -0.05) is 0 Å². The highest BCUT2D eigenvalue weighted by Crippen LogP contribution is 2.36. The lowest BCUT2D eigenvalue weighted by Crippen LogP contribution is -2.13. The number of nitrogen functional groups attached to an aromatic ring is 1. The molecule has 9 heteroatoms. The van der Waals surface area contributed by atoms with Crippen molar-refractivity contribution in [2.75, 3.05) is 12.3 Å². The van der Waals surface area contributed by atoms with Crippen LogP contribution in [0.5, 0.6) is 5.75 Å². The maximum atomic E-state index is 12.3. The van der Waals surface area contributed by atoms with Crippen molar-refractivity contribution in [3.8, 4) is 5.75 Å². The van der Waals surface area contributed by atoms with Crippen LogP contribution in [-0.4, -0.2) is 24.1 Å². The summed E-state index contributed by atoms with van der Waals surface area (Å²) in [6.45, 7) is -1.52. The molecule has 7 nitrogen and oxygen atoms in total. The Morgan fingerprint density at radius 3 is 2.65 bits per heavy atom. The first-order valence-corrected chi connectivity index (χ1v) is 5.53. The standard InChI is InChI=1S/C11H12F2N2O5/c1-2-19-8(16)5-6-3-4-7(15(17)18)9(14)10(6)20-11(12)13/h3-4,11H,2,5,14H2,1H3. The zero-order valence-electron chi connectivity index (χ0n) is 10.5. The molecule has 0 aromatic heterocycles. The molecule has 0 saturated heterocycles. The minimum Gasteiger partial charge on any atom is -0.466 e. The third kappa shape index (κ3) is 3.77. The molecule has 2 N–H and O–H groups in total. The highest BCUT2D eigenvalue weighted by Gasteiger charge is 2.23. The van der Waals surface area contributed by atoms with Gasteiger partial charge in [-0.2, -0.15) is 8.78 Å². The molecule has 0 aliphatic rings. The van der Waals surface area contributed by atoms with Crippen LogP contribution in [0.2, 0.25) is 0 Å². The maximum absolute atomic E-state index is 12.3. The number of ether oxygens (including phenoxy) is 2. The van der Waals surface area contributed by atoms with Crippen molar-refractivity contribution in [1.82, 2.24) is 0 Å². The number of carbonyl (C=O) groups excluding carboxylic acids is 1. The SMILES string of the molecule is CCOC(=O)Cc1ccc([N+](=O)[O-])c(N)c1OC(F)F. The zero-order valence-corrected chi connectivity index (χ0v) is 10.5. The van der Waals surface area contributed by atoms with Crippen molar-refractivity contribution in [1.29, 1.82) is 0 Å². The molecule has 0 bridgehead atoms. The molecular formula is C11H12F2N2O5. The number of nitrogens with two attached hydrogens (primary N) is 1. The molecule has 0 aliphatic carbocycles. The molecule has 0 fully saturated rings. The van der Waals surface area contributed by atoms with E-state index in [0.29, 0.717) is 0 Å². The number of rotatable bonds is 6. The van der Waals surface area contributed by atoms with E-state index in [1.165, 1.54) is 0 Å². The van der Waals surface area contributed by atoms with Gasteiger partial charge in [0.05, 0.1) is 18.0 Å². The molecule has 110 valence electrons. The lowest BCUT2D eigenvalue weighted by atomic mass is 10.1. The van der Waals surface area contributed by atoms with Gasteiger partial charge >= 0.3 is 12.6 Å². The predicted octanol–water partition coefficient (Wildman–Crippen LogP) is 1.88. The summed E-state index contributed by atoms with van der Waals surface area (Å²) in [7, 11) is 0. The molecule has 0 amide bonds. The molecule has 0 aliphatic heterocycles. The van der Waals surface area contributed by atoms with Gasteiger partial charge in [0.2, 0.25) is 0 Å². The number of hydrogen-bond acceptors (Lipinski definition) is 6. The van der Waals surface area contributed by atoms with Crippen molar-refractivity contribution in [2.24, 2.45) is 0 Å². The van der Waals surface area contributed by atoms with Crippen molar-refractivity contribution >= 4 is 17.3 Å². The number of esters is 1. The van der Waals surface area contributed by atoms with E-state index in [1.807, 2.05) is 0 Å². The molecule has 1 aromatic carbocycles. The van der Waals surface area contributed by atoms with Gasteiger partial charge in [-0.15, -0.1) is 0 Å². The van der Waals surface area contributed by atoms with Gasteiger partial charge < -0.3 is 15.2 Å². The Labute approximate surface area is 112 Å². The Morgan fingerprint density at radius 1 is 1.50 bits per heavy atom. The highest BCUT2D eigenvalue weighted by molar-refractivity contribution is 5.77. The van der Waals surface area contributed by atoms with Gasteiger partial charge in [0.15, 0.2) is 11.4 Å². The van der Waals surface area contributed by atoms with Gasteiger partial charge in [0, 0.05) is 11.6 Å². The summed E-state index contributed by atoms with van der Waals surface area (Å²) < 4.78 is 33.5. The van der Waals surface area contributed by atoms with Gasteiger partial charge in [-0.25, -0.2) is 0 Å². The quantitative estimate of drug-likeness (QED) is 0.371. The Bertz CT molecular complexity index is 522. The first kappa shape index (κ1) is 15.6. The fraction of sp³-hybridized carbons (Fsp3) is 0.364. The number of carbonyl (C=O) groups is 1. The van der Waals surface area contributed by atoms with Crippen molar-refractivity contribution in [2.45, 2.75) is 20.0 Å². The lowest BCUT2D eigenvalue weighted by molar-refractivity contribution is -0.384. The van der Waals surface area contributed by atoms with Crippen molar-refractivity contribution < 1.29 is 28.0 Å². The summed E-state index contributed by atoms with van der Waals surface area (Å²) in [6.07, 6.45) is -0.377. The molecule has 1 rings (SSSR count). The molecule has 1 aromatic rings. The molecule has 0 spiro atoms. The maximum Gasteiger partial charge on any atom is 0.387 e. The van der Waals surface area contributed by atoms with E-state index in [9.17, 15) is 23.7 Å². The molecule has 0 saturated carbocycles. The van der Waals surface area contributed by atoms with Gasteiger partial charge in [0.1, 0.15) is 0 Å². The molecule has 0 heterocycles. The first-order chi connectivity index (χ1) is 9.36. The first-order valence-electron chi connectivity index (χ1n) is 5.53. The summed E-state index contributed by atoms with van der Waals surface area (Å²) in [4.78, 5) is 21.2. The van der Waals surface area contributed by atoms with Gasteiger partial charge in [-0.3, -0.25) is 14.9 Å². The van der Waals surface area contributed by atoms with Crippen LogP contribution < -0.4 is 10.5 Å². The number of nitrogens with zero attached hydrogens (tertiary/aromatic N) is 1. The monoisotopic (exact) mass is 290 g/mol. The Balaban J connectivity index is 3.19. The van der Waals surface area contributed by atoms with E-state index in [4.69, 9.17) is 5.73 Å². The number of alkyl halides is 2. The molecule has 0 unspecified atom stereocenters. The van der Waals surface area contributed by atoms with Crippen molar-refractivity contribution in [3.63, 3.8) is 0 Å². The third-order valence-corrected chi connectivity index (χ3v) is 2.30. The van der Waals surface area contributed by atoms with E-state index in [0.717, 1.165) is 12.1 Å². The van der Waals surface area contributed by atoms with Crippen LogP contribution in [0.1, 0.15) is 12.5 Å². The number of hydrogen-bond donors (Lipinski definition) is 1. The van der Waals surface area contributed by atoms with Gasteiger partial charge in [-0.05, 0) is 13.0 Å². The second kappa shape index (κ2) is 6.64. The van der Waals surface area contributed by atoms with Crippen LogP contribution in [0.3, 0.4) is 0 Å². The number of nitro benzene ring substituents is 1. The number of nitro groups is 1. The van der Waals surface area contributed by atoms with Crippen LogP contribution in [0.4, 0.5) is 20.2 Å². The smallest absolute Gasteiger partial charge is 0.387 e. The van der Waals surface area contributed by atoms with E-state index in [2.05, 4.69) is 9.47 Å². The third-order valence-electron chi connectivity index (χ3n) is 2.30. The highest BCUT2D eigenvalue weighted by atomic mass is 19.3. The minimum atomic E-state index is -3.22. The summed E-state index contributed by atoms with van der Waals surface area (Å²) >= 11 is 0. The Morgan fingerprint density at radius 2 is 2.15 bits per heavy atom. The summed E-state index contributed by atoms with van der Waals surface area (Å²) in [5.41, 5.74) is 4.29. The van der Waals surface area contributed by atoms with E-state index < -0.39 is 34.6 Å². The average Bonchev–Trinajstić information content (AvgIpc) is 2.33. The van der Waals surface area contributed by atoms with Crippen LogP contribution in [0, 0.1) is 10.1 Å². The number of benzene rings is 1. The van der Waals surface area contributed by atoms with E-state index >= 15 is 0 Å². The average molecular weight is 290 g/mol. The lowest BCUT2D eigenvalue weighted by Gasteiger charge is -2.12. The van der Waals surface area contributed by atoms with Gasteiger partial charge in [0.25, 0.3) is 5.69 Å². The van der Waals surface area contributed by atoms with Crippen LogP contribution in [-0.2, 0) is 16.0 Å². The zero-order chi connectivity index (χ0) is 15.3. The fourth-order valence-electron chi connectivity index (χ4n) is 1.53. The fourth-order valence-corrected chi connectivity index (χ4v) is 1.53. The molecule has 20 heavy (non-hydrogen) atoms. The second-order valence-corrected chi connectivity index (χ2v) is 3.60. The van der Waals surface area contributed by atoms with E-state index in [1.54, 1.807) is 6.92 Å². The largest absolute Gasteiger partial charge is 0.466 e. The van der Waals surface area contributed by atoms with E-state index in [-0.39, 0.29) is 18.6 Å². The summed E-state index contributed by atoms with van der Waals surface area (Å²) in [5.74, 6) is -1.26. The van der Waals surface area contributed by atoms with Crippen LogP contribution >= 0.6 is 0 Å². The summed E-state index contributed by atoms with van der Waals surface area (Å²) in [6, 6.07) is 2.14. The molecule has 0 radical (unpaired) electrons. The summed E-state index contributed by atoms with van der Waals surface area (Å²) in [5, 5.41) is 10.7. The Hall–Kier alpha value is -2.45. The normalized spacial score (nSPS) is 10.4. The number of halogens is 2. The minimum absolute atomic E-state index is 0.00755. The van der Waals surface area contributed by atoms with Crippen LogP contribution in [0.25, 0.3) is 0 Å². The van der Waals surface area contributed by atoms with Crippen molar-refractivity contribution in [3.05, 3.63) is 27.8 Å².